The molecule has 2 rings (SSSR count). The minimum absolute atomic E-state index is 0.0452. The van der Waals surface area contributed by atoms with Crippen molar-refractivity contribution in [2.24, 2.45) is 0 Å². The van der Waals surface area contributed by atoms with Crippen LogP contribution in [0.4, 0.5) is 13.2 Å². The van der Waals surface area contributed by atoms with Crippen LogP contribution in [0.1, 0.15) is 24.0 Å². The van der Waals surface area contributed by atoms with Gasteiger partial charge < -0.3 is 10.2 Å². The van der Waals surface area contributed by atoms with E-state index in [0.717, 1.165) is 11.1 Å². The summed E-state index contributed by atoms with van der Waals surface area (Å²) in [6.07, 6.45) is -3.91. The molecule has 4 nitrogen and oxygen atoms in total. The van der Waals surface area contributed by atoms with Gasteiger partial charge in [0.05, 0.1) is 6.42 Å². The molecule has 0 saturated carbocycles. The summed E-state index contributed by atoms with van der Waals surface area (Å²) in [5, 5.41) is 1.97. The van der Waals surface area contributed by atoms with Crippen LogP contribution in [0, 0.1) is 6.92 Å². The minimum atomic E-state index is -4.86. The zero-order valence-electron chi connectivity index (χ0n) is 12.8. The van der Waals surface area contributed by atoms with Crippen LogP contribution in [0.5, 0.6) is 0 Å². The van der Waals surface area contributed by atoms with Crippen LogP contribution in [0.25, 0.3) is 0 Å². The van der Waals surface area contributed by atoms with Gasteiger partial charge in [-0.1, -0.05) is 29.8 Å². The minimum Gasteiger partial charge on any atom is -0.345 e. The Morgan fingerprint density at radius 2 is 1.91 bits per heavy atom. The van der Waals surface area contributed by atoms with Gasteiger partial charge in [0.1, 0.15) is 0 Å². The molecule has 0 unspecified atom stereocenters. The number of amides is 2. The van der Waals surface area contributed by atoms with Gasteiger partial charge in [0.15, 0.2) is 0 Å². The number of benzene rings is 1. The number of hydrogen-bond donors (Lipinski definition) is 1. The highest BCUT2D eigenvalue weighted by molar-refractivity contribution is 5.82. The quantitative estimate of drug-likeness (QED) is 0.925. The van der Waals surface area contributed by atoms with Crippen molar-refractivity contribution in [3.63, 3.8) is 0 Å². The molecule has 1 heterocycles. The van der Waals surface area contributed by atoms with E-state index in [1.165, 1.54) is 0 Å². The third kappa shape index (κ3) is 4.97. The number of halogens is 3. The van der Waals surface area contributed by atoms with Crippen LogP contribution in [-0.2, 0) is 16.0 Å². The molecule has 0 radical (unpaired) electrons. The van der Waals surface area contributed by atoms with E-state index in [0.29, 0.717) is 25.9 Å². The van der Waals surface area contributed by atoms with Crippen molar-refractivity contribution in [3.8, 4) is 0 Å². The van der Waals surface area contributed by atoms with E-state index in [9.17, 15) is 22.8 Å². The summed E-state index contributed by atoms with van der Waals surface area (Å²) in [5.74, 6) is -1.96. The monoisotopic (exact) mass is 328 g/mol. The lowest BCUT2D eigenvalue weighted by Gasteiger charge is -2.32. The maximum atomic E-state index is 12.2. The Kier molecular flexibility index (Phi) is 5.28. The molecule has 1 aromatic rings. The van der Waals surface area contributed by atoms with Gasteiger partial charge in [-0.2, -0.15) is 13.2 Å². The average Bonchev–Trinajstić information content (AvgIpc) is 2.47. The van der Waals surface area contributed by atoms with Crippen LogP contribution in [0.2, 0.25) is 0 Å². The first-order valence-corrected chi connectivity index (χ1v) is 7.46. The SMILES string of the molecule is Cc1cccc(CC(=O)N2CCC(NC(=O)C(F)(F)F)CC2)c1. The molecule has 1 aliphatic heterocycles. The molecule has 126 valence electrons. The van der Waals surface area contributed by atoms with Gasteiger partial charge >= 0.3 is 12.1 Å². The van der Waals surface area contributed by atoms with Gasteiger partial charge in [0.25, 0.3) is 0 Å². The molecule has 0 bridgehead atoms. The first-order chi connectivity index (χ1) is 10.8. The van der Waals surface area contributed by atoms with Gasteiger partial charge in [0, 0.05) is 19.1 Å². The maximum Gasteiger partial charge on any atom is 0.471 e. The molecule has 2 amide bonds. The Morgan fingerprint density at radius 3 is 2.48 bits per heavy atom. The van der Waals surface area contributed by atoms with Crippen LogP contribution in [-0.4, -0.2) is 42.0 Å². The van der Waals surface area contributed by atoms with Crippen molar-refractivity contribution in [2.75, 3.05) is 13.1 Å². The molecule has 0 spiro atoms. The fourth-order valence-corrected chi connectivity index (χ4v) is 2.65. The lowest BCUT2D eigenvalue weighted by molar-refractivity contribution is -0.174. The van der Waals surface area contributed by atoms with Crippen molar-refractivity contribution in [1.82, 2.24) is 10.2 Å². The number of likely N-dealkylation sites (tertiary alicyclic amines) is 1. The zero-order valence-corrected chi connectivity index (χ0v) is 12.8. The highest BCUT2D eigenvalue weighted by Gasteiger charge is 2.40. The second-order valence-electron chi connectivity index (χ2n) is 5.79. The van der Waals surface area contributed by atoms with Gasteiger partial charge in [-0.25, -0.2) is 0 Å². The number of nitrogens with one attached hydrogen (secondary N) is 1. The fourth-order valence-electron chi connectivity index (χ4n) is 2.65. The Balaban J connectivity index is 1.82. The number of nitrogens with zero attached hydrogens (tertiary/aromatic N) is 1. The van der Waals surface area contributed by atoms with Gasteiger partial charge in [-0.05, 0) is 25.3 Å². The number of alkyl halides is 3. The molecule has 1 N–H and O–H groups in total. The van der Waals surface area contributed by atoms with Crippen molar-refractivity contribution in [1.29, 1.82) is 0 Å². The second kappa shape index (κ2) is 7.02. The molecule has 7 heteroatoms. The number of aryl methyl sites for hydroxylation is 1. The zero-order chi connectivity index (χ0) is 17.0. The van der Waals surface area contributed by atoms with Gasteiger partial charge in [0.2, 0.25) is 5.91 Å². The molecule has 1 saturated heterocycles. The number of piperidine rings is 1. The van der Waals surface area contributed by atoms with E-state index in [4.69, 9.17) is 0 Å². The molecule has 0 atom stereocenters. The van der Waals surface area contributed by atoms with E-state index in [-0.39, 0.29) is 12.3 Å². The topological polar surface area (TPSA) is 49.4 Å². The van der Waals surface area contributed by atoms with E-state index in [1.54, 1.807) is 4.90 Å². The Labute approximate surface area is 132 Å². The van der Waals surface area contributed by atoms with Crippen LogP contribution in [0.15, 0.2) is 24.3 Å². The maximum absolute atomic E-state index is 12.2. The fraction of sp³-hybridized carbons (Fsp3) is 0.500. The summed E-state index contributed by atoms with van der Waals surface area (Å²) < 4.78 is 36.6. The highest BCUT2D eigenvalue weighted by atomic mass is 19.4. The Bertz CT molecular complexity index is 579. The van der Waals surface area contributed by atoms with Gasteiger partial charge in [-0.15, -0.1) is 0 Å². The average molecular weight is 328 g/mol. The molecular weight excluding hydrogens is 309 g/mol. The predicted molar refractivity (Wildman–Crippen MR) is 78.7 cm³/mol. The van der Waals surface area contributed by atoms with Gasteiger partial charge in [-0.3, -0.25) is 9.59 Å². The van der Waals surface area contributed by atoms with E-state index in [1.807, 2.05) is 36.5 Å². The summed E-state index contributed by atoms with van der Waals surface area (Å²) in [6.45, 7) is 2.66. The van der Waals surface area contributed by atoms with Crippen molar-refractivity contribution < 1.29 is 22.8 Å². The number of rotatable bonds is 3. The summed E-state index contributed by atoms with van der Waals surface area (Å²) in [5.41, 5.74) is 1.99. The van der Waals surface area contributed by atoms with Crippen molar-refractivity contribution in [3.05, 3.63) is 35.4 Å². The summed E-state index contributed by atoms with van der Waals surface area (Å²) in [7, 11) is 0. The smallest absolute Gasteiger partial charge is 0.345 e. The third-order valence-corrected chi connectivity index (χ3v) is 3.88. The van der Waals surface area contributed by atoms with E-state index >= 15 is 0 Å². The molecule has 23 heavy (non-hydrogen) atoms. The lowest BCUT2D eigenvalue weighted by atomic mass is 10.0. The predicted octanol–water partition coefficient (Wildman–Crippen LogP) is 2.21. The van der Waals surface area contributed by atoms with Crippen LogP contribution in [0.3, 0.4) is 0 Å². The largest absolute Gasteiger partial charge is 0.471 e. The van der Waals surface area contributed by atoms with E-state index in [2.05, 4.69) is 0 Å². The Morgan fingerprint density at radius 1 is 1.26 bits per heavy atom. The van der Waals surface area contributed by atoms with Crippen LogP contribution < -0.4 is 5.32 Å². The van der Waals surface area contributed by atoms with Crippen molar-refractivity contribution >= 4 is 11.8 Å². The normalized spacial score (nSPS) is 16.3. The number of carbonyl (C=O) groups excluding carboxylic acids is 2. The third-order valence-electron chi connectivity index (χ3n) is 3.88. The molecule has 1 aliphatic rings. The molecular formula is C16H19F3N2O2. The first-order valence-electron chi connectivity index (χ1n) is 7.46. The highest BCUT2D eigenvalue weighted by Crippen LogP contribution is 2.18. The second-order valence-corrected chi connectivity index (χ2v) is 5.79. The standard InChI is InChI=1S/C16H19F3N2O2/c1-11-3-2-4-12(9-11)10-14(22)21-7-5-13(6-8-21)20-15(23)16(17,18)19/h2-4,9,13H,5-8,10H2,1H3,(H,20,23). The Hall–Kier alpha value is -2.05. The van der Waals surface area contributed by atoms with E-state index < -0.39 is 18.1 Å². The molecule has 1 fully saturated rings. The summed E-state index contributed by atoms with van der Waals surface area (Å²) in [6, 6.07) is 7.11. The molecule has 0 aliphatic carbocycles. The molecule has 0 aromatic heterocycles. The summed E-state index contributed by atoms with van der Waals surface area (Å²) in [4.78, 5) is 24.8. The lowest BCUT2D eigenvalue weighted by Crippen LogP contribution is -2.49. The summed E-state index contributed by atoms with van der Waals surface area (Å²) >= 11 is 0. The van der Waals surface area contributed by atoms with Crippen molar-refractivity contribution in [2.45, 2.75) is 38.4 Å². The number of carbonyl (C=O) groups is 2. The number of hydrogen-bond acceptors (Lipinski definition) is 2. The first kappa shape index (κ1) is 17.3. The molecule has 1 aromatic carbocycles. The van der Waals surface area contributed by atoms with Crippen LogP contribution >= 0.6 is 0 Å².